The van der Waals surface area contributed by atoms with Crippen LogP contribution in [-0.2, 0) is 4.79 Å². The fourth-order valence-electron chi connectivity index (χ4n) is 3.62. The molecule has 1 atom stereocenters. The van der Waals surface area contributed by atoms with Crippen molar-refractivity contribution < 1.29 is 14.0 Å². The molecule has 1 N–H and O–H groups in total. The monoisotopic (exact) mass is 429 g/mol. The third kappa shape index (κ3) is 5.53. The van der Waals surface area contributed by atoms with Crippen molar-refractivity contribution in [1.82, 2.24) is 10.2 Å². The molecule has 0 saturated carbocycles. The number of piperazine rings is 1. The molecule has 2 amide bonds. The molecule has 0 aromatic heterocycles. The number of rotatable bonds is 7. The Morgan fingerprint density at radius 2 is 1.83 bits per heavy atom. The molecular weight excluding hydrogens is 401 g/mol. The molecule has 1 heterocycles. The van der Waals surface area contributed by atoms with Crippen molar-refractivity contribution in [3.63, 3.8) is 0 Å². The number of benzene rings is 2. The number of nitrogens with one attached hydrogen (secondary N) is 1. The summed E-state index contributed by atoms with van der Waals surface area (Å²) in [6.45, 7) is 4.07. The highest BCUT2D eigenvalue weighted by molar-refractivity contribution is 7.98. The summed E-state index contributed by atoms with van der Waals surface area (Å²) in [7, 11) is 0. The third-order valence-electron chi connectivity index (χ3n) is 5.28. The van der Waals surface area contributed by atoms with E-state index < -0.39 is 6.04 Å². The molecule has 7 heteroatoms. The van der Waals surface area contributed by atoms with Crippen LogP contribution in [0.25, 0.3) is 0 Å². The maximum atomic E-state index is 14.1. The highest BCUT2D eigenvalue weighted by atomic mass is 32.2. The van der Waals surface area contributed by atoms with E-state index in [-0.39, 0.29) is 17.6 Å². The van der Waals surface area contributed by atoms with Crippen LogP contribution < -0.4 is 10.2 Å². The molecule has 2 aromatic rings. The summed E-state index contributed by atoms with van der Waals surface area (Å²) in [5, 5.41) is 2.93. The summed E-state index contributed by atoms with van der Waals surface area (Å²) in [6.07, 6.45) is 2.56. The highest BCUT2D eigenvalue weighted by Crippen LogP contribution is 2.20. The molecule has 0 radical (unpaired) electrons. The van der Waals surface area contributed by atoms with Crippen LogP contribution in [0.3, 0.4) is 0 Å². The van der Waals surface area contributed by atoms with Gasteiger partial charge in [0.1, 0.15) is 11.9 Å². The van der Waals surface area contributed by atoms with Crippen LogP contribution in [0.15, 0.2) is 48.5 Å². The van der Waals surface area contributed by atoms with Crippen molar-refractivity contribution in [2.24, 2.45) is 0 Å². The molecule has 0 spiro atoms. The van der Waals surface area contributed by atoms with Gasteiger partial charge in [-0.2, -0.15) is 11.8 Å². The summed E-state index contributed by atoms with van der Waals surface area (Å²) in [5.74, 6) is 0.224. The minimum absolute atomic E-state index is 0.0711. The Balaban J connectivity index is 1.64. The van der Waals surface area contributed by atoms with Crippen LogP contribution in [0.2, 0.25) is 0 Å². The number of amides is 2. The molecule has 1 saturated heterocycles. The van der Waals surface area contributed by atoms with Gasteiger partial charge in [0.25, 0.3) is 5.91 Å². The molecule has 0 aliphatic carbocycles. The fourth-order valence-corrected chi connectivity index (χ4v) is 4.09. The van der Waals surface area contributed by atoms with Crippen molar-refractivity contribution in [2.75, 3.05) is 43.1 Å². The average Bonchev–Trinajstić information content (AvgIpc) is 2.76. The van der Waals surface area contributed by atoms with Gasteiger partial charge in [-0.15, -0.1) is 0 Å². The van der Waals surface area contributed by atoms with Gasteiger partial charge in [0.05, 0.1) is 5.69 Å². The first-order valence-electron chi connectivity index (χ1n) is 10.1. The predicted molar refractivity (Wildman–Crippen MR) is 121 cm³/mol. The van der Waals surface area contributed by atoms with E-state index in [1.54, 1.807) is 34.9 Å². The lowest BCUT2D eigenvalue weighted by molar-refractivity contribution is -0.133. The molecule has 5 nitrogen and oxygen atoms in total. The second-order valence-corrected chi connectivity index (χ2v) is 8.43. The second-order valence-electron chi connectivity index (χ2n) is 7.44. The lowest BCUT2D eigenvalue weighted by Gasteiger charge is -2.37. The Hall–Kier alpha value is -2.54. The van der Waals surface area contributed by atoms with Crippen molar-refractivity contribution in [2.45, 2.75) is 19.4 Å². The van der Waals surface area contributed by atoms with Gasteiger partial charge in [-0.3, -0.25) is 9.59 Å². The summed E-state index contributed by atoms with van der Waals surface area (Å²) in [6, 6.07) is 13.5. The summed E-state index contributed by atoms with van der Waals surface area (Å²) < 4.78 is 14.1. The number of nitrogens with zero attached hydrogens (tertiary/aromatic N) is 2. The van der Waals surface area contributed by atoms with E-state index in [0.717, 1.165) is 11.3 Å². The zero-order chi connectivity index (χ0) is 21.5. The van der Waals surface area contributed by atoms with Crippen LogP contribution in [0.5, 0.6) is 0 Å². The Morgan fingerprint density at radius 3 is 2.50 bits per heavy atom. The highest BCUT2D eigenvalue weighted by Gasteiger charge is 2.29. The van der Waals surface area contributed by atoms with Crippen LogP contribution in [0, 0.1) is 12.7 Å². The van der Waals surface area contributed by atoms with Gasteiger partial charge >= 0.3 is 0 Å². The smallest absolute Gasteiger partial charge is 0.251 e. The number of hydrogen-bond donors (Lipinski definition) is 1. The van der Waals surface area contributed by atoms with Gasteiger partial charge < -0.3 is 15.1 Å². The van der Waals surface area contributed by atoms with E-state index in [1.807, 2.05) is 42.3 Å². The van der Waals surface area contributed by atoms with E-state index >= 15 is 0 Å². The number of carbonyl (C=O) groups is 2. The number of hydrogen-bond acceptors (Lipinski definition) is 4. The Labute approximate surface area is 181 Å². The topological polar surface area (TPSA) is 52.7 Å². The van der Waals surface area contributed by atoms with Gasteiger partial charge in [-0.1, -0.05) is 29.8 Å². The Bertz CT molecular complexity index is 884. The van der Waals surface area contributed by atoms with E-state index in [1.165, 1.54) is 6.07 Å². The number of carbonyl (C=O) groups excluding carboxylic acids is 2. The molecule has 1 unspecified atom stereocenters. The molecule has 3 rings (SSSR count). The van der Waals surface area contributed by atoms with Crippen molar-refractivity contribution in [1.29, 1.82) is 0 Å². The quantitative estimate of drug-likeness (QED) is 0.734. The normalized spacial score (nSPS) is 15.0. The number of aryl methyl sites for hydroxylation is 1. The SMILES string of the molecule is CSCCC(NC(=O)c1cccc(C)c1)C(=O)N1CCN(c2ccccc2F)CC1. The maximum absolute atomic E-state index is 14.1. The first kappa shape index (κ1) is 22.2. The van der Waals surface area contributed by atoms with E-state index in [4.69, 9.17) is 0 Å². The Morgan fingerprint density at radius 1 is 1.10 bits per heavy atom. The number of halogens is 1. The summed E-state index contributed by atoms with van der Waals surface area (Å²) >= 11 is 1.65. The lowest BCUT2D eigenvalue weighted by Crippen LogP contribution is -2.55. The molecule has 0 bridgehead atoms. The van der Waals surface area contributed by atoms with Crippen LogP contribution >= 0.6 is 11.8 Å². The van der Waals surface area contributed by atoms with Crippen LogP contribution in [-0.4, -0.2) is 60.9 Å². The summed E-state index contributed by atoms with van der Waals surface area (Å²) in [5.41, 5.74) is 2.12. The van der Waals surface area contributed by atoms with Crippen molar-refractivity contribution >= 4 is 29.3 Å². The third-order valence-corrected chi connectivity index (χ3v) is 5.92. The fraction of sp³-hybridized carbons (Fsp3) is 0.391. The predicted octanol–water partition coefficient (Wildman–Crippen LogP) is 3.33. The standard InChI is InChI=1S/C23H28FN3O2S/c1-17-6-5-7-18(16-17)22(28)25-20(10-15-30-2)23(29)27-13-11-26(12-14-27)21-9-4-3-8-19(21)24/h3-9,16,20H,10-15H2,1-2H3,(H,25,28). The molecule has 1 aliphatic rings. The van der Waals surface area contributed by atoms with Gasteiger partial charge in [-0.05, 0) is 49.6 Å². The summed E-state index contributed by atoms with van der Waals surface area (Å²) in [4.78, 5) is 29.6. The minimum atomic E-state index is -0.564. The largest absolute Gasteiger partial charge is 0.366 e. The Kier molecular flexibility index (Phi) is 7.74. The minimum Gasteiger partial charge on any atom is -0.366 e. The van der Waals surface area contributed by atoms with Crippen LogP contribution in [0.1, 0.15) is 22.3 Å². The molecule has 2 aromatic carbocycles. The number of anilines is 1. The van der Waals surface area contributed by atoms with Gasteiger partial charge in [-0.25, -0.2) is 4.39 Å². The van der Waals surface area contributed by atoms with Gasteiger partial charge in [0.2, 0.25) is 5.91 Å². The first-order valence-corrected chi connectivity index (χ1v) is 11.5. The zero-order valence-electron chi connectivity index (χ0n) is 17.4. The van der Waals surface area contributed by atoms with E-state index in [2.05, 4.69) is 5.32 Å². The molecule has 1 fully saturated rings. The second kappa shape index (κ2) is 10.5. The average molecular weight is 430 g/mol. The lowest BCUT2D eigenvalue weighted by atomic mass is 10.1. The van der Waals surface area contributed by atoms with E-state index in [9.17, 15) is 14.0 Å². The van der Waals surface area contributed by atoms with Crippen molar-refractivity contribution in [3.8, 4) is 0 Å². The van der Waals surface area contributed by atoms with Gasteiger partial charge in [0, 0.05) is 31.7 Å². The van der Waals surface area contributed by atoms with Crippen LogP contribution in [0.4, 0.5) is 10.1 Å². The van der Waals surface area contributed by atoms with Gasteiger partial charge in [0.15, 0.2) is 0 Å². The molecular formula is C23H28FN3O2S. The number of thioether (sulfide) groups is 1. The number of para-hydroxylation sites is 1. The molecule has 30 heavy (non-hydrogen) atoms. The van der Waals surface area contributed by atoms with Crippen molar-refractivity contribution in [3.05, 3.63) is 65.5 Å². The first-order chi connectivity index (χ1) is 14.5. The molecule has 160 valence electrons. The zero-order valence-corrected chi connectivity index (χ0v) is 18.3. The molecule has 1 aliphatic heterocycles. The maximum Gasteiger partial charge on any atom is 0.251 e. The van der Waals surface area contributed by atoms with E-state index in [0.29, 0.717) is 43.9 Å².